The third kappa shape index (κ3) is 4.45. The summed E-state index contributed by atoms with van der Waals surface area (Å²) in [6.45, 7) is 0.531. The van der Waals surface area contributed by atoms with Gasteiger partial charge in [-0.25, -0.2) is 4.39 Å². The molecule has 0 aliphatic carbocycles. The van der Waals surface area contributed by atoms with E-state index >= 15 is 0 Å². The second-order valence-electron chi connectivity index (χ2n) is 8.35. The van der Waals surface area contributed by atoms with Crippen molar-refractivity contribution in [3.63, 3.8) is 0 Å². The van der Waals surface area contributed by atoms with Gasteiger partial charge in [0.05, 0.1) is 13.5 Å². The van der Waals surface area contributed by atoms with Crippen LogP contribution < -0.4 is 4.74 Å². The van der Waals surface area contributed by atoms with E-state index in [2.05, 4.69) is 11.9 Å². The number of benzene rings is 2. The van der Waals surface area contributed by atoms with Crippen LogP contribution in [0.1, 0.15) is 36.8 Å². The quantitative estimate of drug-likeness (QED) is 0.739. The Kier molecular flexibility index (Phi) is 5.86. The second kappa shape index (κ2) is 8.54. The molecule has 4 nitrogen and oxygen atoms in total. The zero-order valence-electron chi connectivity index (χ0n) is 17.2. The SMILES string of the molecule is COc1ccc(CC(=O)N(Cc2ccc(F)cc2)C2CC3CCC(C2)N3C)cc1. The number of piperidine rings is 1. The van der Waals surface area contributed by atoms with Gasteiger partial charge in [0.1, 0.15) is 11.6 Å². The van der Waals surface area contributed by atoms with Crippen molar-refractivity contribution in [1.82, 2.24) is 9.80 Å². The number of nitrogens with zero attached hydrogens (tertiary/aromatic N) is 2. The van der Waals surface area contributed by atoms with Crippen LogP contribution in [0.25, 0.3) is 0 Å². The number of amides is 1. The summed E-state index contributed by atoms with van der Waals surface area (Å²) >= 11 is 0. The first-order valence-corrected chi connectivity index (χ1v) is 10.4. The lowest BCUT2D eigenvalue weighted by Crippen LogP contribution is -2.50. The van der Waals surface area contributed by atoms with Crippen LogP contribution >= 0.6 is 0 Å². The highest BCUT2D eigenvalue weighted by atomic mass is 19.1. The summed E-state index contributed by atoms with van der Waals surface area (Å²) in [5.41, 5.74) is 1.96. The third-order valence-electron chi connectivity index (χ3n) is 6.62. The molecule has 2 heterocycles. The van der Waals surface area contributed by atoms with Crippen molar-refractivity contribution in [3.05, 3.63) is 65.5 Å². The van der Waals surface area contributed by atoms with Crippen molar-refractivity contribution < 1.29 is 13.9 Å². The van der Waals surface area contributed by atoms with Gasteiger partial charge in [-0.05, 0) is 68.1 Å². The maximum atomic E-state index is 13.4. The number of fused-ring (bicyclic) bond motifs is 2. The summed E-state index contributed by atoms with van der Waals surface area (Å²) < 4.78 is 18.6. The molecule has 2 aliphatic rings. The first-order valence-electron chi connectivity index (χ1n) is 10.4. The number of rotatable bonds is 6. The Morgan fingerprint density at radius 3 is 2.21 bits per heavy atom. The molecule has 154 valence electrons. The molecule has 2 aromatic carbocycles. The van der Waals surface area contributed by atoms with Crippen LogP contribution in [0.5, 0.6) is 5.75 Å². The Morgan fingerprint density at radius 1 is 1.03 bits per heavy atom. The van der Waals surface area contributed by atoms with Crippen molar-refractivity contribution in [2.75, 3.05) is 14.2 Å². The largest absolute Gasteiger partial charge is 0.497 e. The lowest BCUT2D eigenvalue weighted by atomic mass is 9.95. The van der Waals surface area contributed by atoms with Gasteiger partial charge in [0.2, 0.25) is 5.91 Å². The number of carbonyl (C=O) groups excluding carboxylic acids is 1. The Labute approximate surface area is 172 Å². The minimum atomic E-state index is -0.248. The molecule has 2 unspecified atom stereocenters. The molecule has 2 bridgehead atoms. The molecule has 2 aliphatic heterocycles. The smallest absolute Gasteiger partial charge is 0.227 e. The molecule has 2 aromatic rings. The van der Waals surface area contributed by atoms with Crippen LogP contribution in [0.15, 0.2) is 48.5 Å². The third-order valence-corrected chi connectivity index (χ3v) is 6.62. The van der Waals surface area contributed by atoms with Gasteiger partial charge >= 0.3 is 0 Å². The van der Waals surface area contributed by atoms with Gasteiger partial charge in [-0.15, -0.1) is 0 Å². The average molecular weight is 397 g/mol. The molecular formula is C24H29FN2O2. The predicted molar refractivity (Wildman–Crippen MR) is 111 cm³/mol. The molecule has 0 spiro atoms. The Hall–Kier alpha value is -2.40. The maximum absolute atomic E-state index is 13.4. The van der Waals surface area contributed by atoms with E-state index < -0.39 is 0 Å². The van der Waals surface area contributed by atoms with E-state index in [0.29, 0.717) is 25.0 Å². The molecule has 0 N–H and O–H groups in total. The van der Waals surface area contributed by atoms with E-state index in [9.17, 15) is 9.18 Å². The summed E-state index contributed by atoms with van der Waals surface area (Å²) in [7, 11) is 3.85. The van der Waals surface area contributed by atoms with Crippen molar-refractivity contribution in [2.45, 2.75) is 56.8 Å². The monoisotopic (exact) mass is 396 g/mol. The van der Waals surface area contributed by atoms with E-state index in [-0.39, 0.29) is 17.8 Å². The summed E-state index contributed by atoms with van der Waals surface area (Å²) in [6.07, 6.45) is 4.83. The van der Waals surface area contributed by atoms with Crippen LogP contribution in [-0.2, 0) is 17.8 Å². The van der Waals surface area contributed by atoms with Crippen LogP contribution in [0, 0.1) is 5.82 Å². The van der Waals surface area contributed by atoms with Crippen molar-refractivity contribution in [1.29, 1.82) is 0 Å². The fourth-order valence-corrected chi connectivity index (χ4v) is 4.86. The summed E-state index contributed by atoms with van der Waals surface area (Å²) in [5.74, 6) is 0.673. The van der Waals surface area contributed by atoms with E-state index in [4.69, 9.17) is 4.74 Å². The standard InChI is InChI=1S/C24H29FN2O2/c1-26-20-9-10-21(26)15-22(14-20)27(16-18-3-7-19(25)8-4-18)24(28)13-17-5-11-23(29-2)12-6-17/h3-8,11-12,20-22H,9-10,13-16H2,1-2H3. The fraction of sp³-hybridized carbons (Fsp3) is 0.458. The molecule has 4 rings (SSSR count). The summed E-state index contributed by atoms with van der Waals surface area (Å²) in [6, 6.07) is 15.5. The van der Waals surface area contributed by atoms with Crippen LogP contribution in [0.2, 0.25) is 0 Å². The molecular weight excluding hydrogens is 367 g/mol. The lowest BCUT2D eigenvalue weighted by Gasteiger charge is -2.42. The Balaban J connectivity index is 1.53. The van der Waals surface area contributed by atoms with Gasteiger partial charge in [-0.1, -0.05) is 24.3 Å². The van der Waals surface area contributed by atoms with Gasteiger partial charge in [-0.3, -0.25) is 4.79 Å². The molecule has 0 radical (unpaired) electrons. The van der Waals surface area contributed by atoms with Crippen molar-refractivity contribution in [2.24, 2.45) is 0 Å². The average Bonchev–Trinajstić information content (AvgIpc) is 2.93. The van der Waals surface area contributed by atoms with Crippen molar-refractivity contribution >= 4 is 5.91 Å². The van der Waals surface area contributed by atoms with Crippen LogP contribution in [-0.4, -0.2) is 48.0 Å². The molecule has 2 fully saturated rings. The topological polar surface area (TPSA) is 32.8 Å². The zero-order valence-corrected chi connectivity index (χ0v) is 17.2. The zero-order chi connectivity index (χ0) is 20.4. The summed E-state index contributed by atoms with van der Waals surface area (Å²) in [5, 5.41) is 0. The molecule has 2 atom stereocenters. The van der Waals surface area contributed by atoms with Crippen LogP contribution in [0.3, 0.4) is 0 Å². The van der Waals surface area contributed by atoms with E-state index in [1.165, 1.54) is 25.0 Å². The number of carbonyl (C=O) groups is 1. The number of methoxy groups -OCH3 is 1. The maximum Gasteiger partial charge on any atom is 0.227 e. The fourth-order valence-electron chi connectivity index (χ4n) is 4.86. The number of ether oxygens (including phenoxy) is 1. The molecule has 0 aromatic heterocycles. The minimum absolute atomic E-state index is 0.133. The summed E-state index contributed by atoms with van der Waals surface area (Å²) in [4.78, 5) is 17.9. The highest BCUT2D eigenvalue weighted by Crippen LogP contribution is 2.37. The Morgan fingerprint density at radius 2 is 1.62 bits per heavy atom. The Bertz CT molecular complexity index is 823. The molecule has 0 saturated carbocycles. The van der Waals surface area contributed by atoms with Gasteiger partial charge in [0, 0.05) is 24.7 Å². The predicted octanol–water partition coefficient (Wildman–Crippen LogP) is 4.03. The number of hydrogen-bond acceptors (Lipinski definition) is 3. The van der Waals surface area contributed by atoms with E-state index in [0.717, 1.165) is 29.7 Å². The van der Waals surface area contributed by atoms with Crippen molar-refractivity contribution in [3.8, 4) is 5.75 Å². The van der Waals surface area contributed by atoms with Gasteiger partial charge in [-0.2, -0.15) is 0 Å². The molecule has 2 saturated heterocycles. The second-order valence-corrected chi connectivity index (χ2v) is 8.35. The van der Waals surface area contributed by atoms with E-state index in [1.807, 2.05) is 29.2 Å². The van der Waals surface area contributed by atoms with Crippen LogP contribution in [0.4, 0.5) is 4.39 Å². The van der Waals surface area contributed by atoms with Gasteiger partial charge in [0.15, 0.2) is 0 Å². The van der Waals surface area contributed by atoms with Gasteiger partial charge < -0.3 is 14.5 Å². The number of halogens is 1. The molecule has 29 heavy (non-hydrogen) atoms. The van der Waals surface area contributed by atoms with Gasteiger partial charge in [0.25, 0.3) is 0 Å². The highest BCUT2D eigenvalue weighted by Gasteiger charge is 2.41. The molecule has 5 heteroatoms. The number of hydrogen-bond donors (Lipinski definition) is 0. The normalized spacial score (nSPS) is 23.8. The first-order chi connectivity index (χ1) is 14.0. The highest BCUT2D eigenvalue weighted by molar-refractivity contribution is 5.79. The lowest BCUT2D eigenvalue weighted by molar-refractivity contribution is -0.135. The molecule has 1 amide bonds. The van der Waals surface area contributed by atoms with E-state index in [1.54, 1.807) is 19.2 Å². The first kappa shape index (κ1) is 19.9. The minimum Gasteiger partial charge on any atom is -0.497 e.